The van der Waals surface area contributed by atoms with E-state index < -0.39 is 11.8 Å². The molecule has 0 atom stereocenters. The third-order valence-corrected chi connectivity index (χ3v) is 1.92. The van der Waals surface area contributed by atoms with Crippen LogP contribution in [0.25, 0.3) is 10.9 Å². The number of rotatable bonds is 1. The third-order valence-electron chi connectivity index (χ3n) is 1.92. The molecule has 70 valence electrons. The van der Waals surface area contributed by atoms with Crippen molar-refractivity contribution in [2.24, 2.45) is 0 Å². The van der Waals surface area contributed by atoms with Gasteiger partial charge in [0.25, 0.3) is 0 Å². The van der Waals surface area contributed by atoms with Crippen LogP contribution in [0.3, 0.4) is 0 Å². The third kappa shape index (κ3) is 1.31. The maximum absolute atomic E-state index is 13.1. The molecule has 0 fully saturated rings. The van der Waals surface area contributed by atoms with Gasteiger partial charge in [-0.2, -0.15) is 0 Å². The lowest BCUT2D eigenvalue weighted by Crippen LogP contribution is -2.00. The maximum atomic E-state index is 13.1. The van der Waals surface area contributed by atoms with Gasteiger partial charge in [-0.3, -0.25) is 4.98 Å². The molecule has 0 aliphatic heterocycles. The number of carbonyl (C=O) groups is 1. The van der Waals surface area contributed by atoms with Crippen LogP contribution in [0.2, 0.25) is 0 Å². The second-order valence-corrected chi connectivity index (χ2v) is 2.83. The fraction of sp³-hybridized carbons (Fsp3) is 0. The van der Waals surface area contributed by atoms with Gasteiger partial charge in [0.2, 0.25) is 0 Å². The summed E-state index contributed by atoms with van der Waals surface area (Å²) in [6, 6.07) is 5.76. The first-order valence-corrected chi connectivity index (χ1v) is 3.96. The zero-order chi connectivity index (χ0) is 10.1. The highest BCUT2D eigenvalue weighted by atomic mass is 19.1. The lowest BCUT2D eigenvalue weighted by atomic mass is 10.1. The van der Waals surface area contributed by atoms with Crippen molar-refractivity contribution in [3.05, 3.63) is 41.8 Å². The van der Waals surface area contributed by atoms with Crippen LogP contribution in [0.1, 0.15) is 10.4 Å². The molecule has 0 spiro atoms. The quantitative estimate of drug-likeness (QED) is 0.750. The topological polar surface area (TPSA) is 50.2 Å². The van der Waals surface area contributed by atoms with Gasteiger partial charge in [-0.05, 0) is 12.1 Å². The molecular weight excluding hydrogens is 185 g/mol. The number of pyridine rings is 1. The van der Waals surface area contributed by atoms with E-state index >= 15 is 0 Å². The second kappa shape index (κ2) is 3.06. The zero-order valence-corrected chi connectivity index (χ0v) is 7.07. The largest absolute Gasteiger partial charge is 0.478 e. The van der Waals surface area contributed by atoms with Crippen LogP contribution in [0.5, 0.6) is 0 Å². The Kier molecular flexibility index (Phi) is 1.89. The minimum absolute atomic E-state index is 0.328. The van der Waals surface area contributed by atoms with Crippen LogP contribution in [0.15, 0.2) is 30.5 Å². The molecule has 0 aliphatic rings. The summed E-state index contributed by atoms with van der Waals surface area (Å²) in [5.41, 5.74) is 0.125. The Labute approximate surface area is 78.8 Å². The van der Waals surface area contributed by atoms with E-state index in [9.17, 15) is 9.18 Å². The average Bonchev–Trinajstić information content (AvgIpc) is 2.16. The molecule has 2 rings (SSSR count). The molecule has 1 aromatic heterocycles. The van der Waals surface area contributed by atoms with E-state index in [4.69, 9.17) is 5.11 Å². The lowest BCUT2D eigenvalue weighted by molar-refractivity contribution is 0.0692. The number of hydrogen-bond donors (Lipinski definition) is 1. The Morgan fingerprint density at radius 2 is 2.21 bits per heavy atom. The first-order valence-electron chi connectivity index (χ1n) is 3.96. The molecule has 0 unspecified atom stereocenters. The van der Waals surface area contributed by atoms with Gasteiger partial charge in [-0.1, -0.05) is 6.07 Å². The van der Waals surface area contributed by atoms with Crippen LogP contribution in [0.4, 0.5) is 4.39 Å². The number of aromatic nitrogens is 1. The standard InChI is InChI=1S/C10H6FNO2/c11-8-5-9-6(2-1-3-12-9)4-7(8)10(13)14/h1-5H,(H,13,14). The van der Waals surface area contributed by atoms with Gasteiger partial charge in [0.15, 0.2) is 0 Å². The molecule has 0 amide bonds. The number of carboxylic acid groups (broad SMARTS) is 1. The van der Waals surface area contributed by atoms with E-state index in [-0.39, 0.29) is 5.56 Å². The fourth-order valence-electron chi connectivity index (χ4n) is 1.26. The van der Waals surface area contributed by atoms with E-state index in [1.165, 1.54) is 12.3 Å². The SMILES string of the molecule is O=C(O)c1cc2cccnc2cc1F. The maximum Gasteiger partial charge on any atom is 0.338 e. The predicted molar refractivity (Wildman–Crippen MR) is 48.7 cm³/mol. The summed E-state index contributed by atoms with van der Waals surface area (Å²) in [4.78, 5) is 14.5. The first kappa shape index (κ1) is 8.62. The Bertz CT molecular complexity index is 510. The van der Waals surface area contributed by atoms with Gasteiger partial charge in [0, 0.05) is 17.6 Å². The van der Waals surface area contributed by atoms with Crippen molar-refractivity contribution in [2.45, 2.75) is 0 Å². The average molecular weight is 191 g/mol. The summed E-state index contributed by atoms with van der Waals surface area (Å²) in [6.45, 7) is 0. The van der Waals surface area contributed by atoms with Gasteiger partial charge in [0.1, 0.15) is 5.82 Å². The number of fused-ring (bicyclic) bond motifs is 1. The van der Waals surface area contributed by atoms with Crippen LogP contribution in [0, 0.1) is 5.82 Å². The van der Waals surface area contributed by atoms with E-state index in [0.717, 1.165) is 6.07 Å². The van der Waals surface area contributed by atoms with E-state index in [1.807, 2.05) is 0 Å². The monoisotopic (exact) mass is 191 g/mol. The Morgan fingerprint density at radius 1 is 1.43 bits per heavy atom. The molecule has 0 radical (unpaired) electrons. The molecule has 14 heavy (non-hydrogen) atoms. The highest BCUT2D eigenvalue weighted by Crippen LogP contribution is 2.16. The van der Waals surface area contributed by atoms with Crippen molar-refractivity contribution < 1.29 is 14.3 Å². The molecule has 2 aromatic rings. The van der Waals surface area contributed by atoms with Crippen molar-refractivity contribution in [1.82, 2.24) is 4.98 Å². The predicted octanol–water partition coefficient (Wildman–Crippen LogP) is 2.07. The van der Waals surface area contributed by atoms with Crippen molar-refractivity contribution in [3.63, 3.8) is 0 Å². The first-order chi connectivity index (χ1) is 6.68. The molecule has 0 saturated heterocycles. The molecule has 0 saturated carbocycles. The van der Waals surface area contributed by atoms with Crippen molar-refractivity contribution in [3.8, 4) is 0 Å². The Hall–Kier alpha value is -1.97. The lowest BCUT2D eigenvalue weighted by Gasteiger charge is -2.00. The van der Waals surface area contributed by atoms with Gasteiger partial charge >= 0.3 is 5.97 Å². The molecular formula is C10H6FNO2. The number of nitrogens with zero attached hydrogens (tertiary/aromatic N) is 1. The summed E-state index contributed by atoms with van der Waals surface area (Å²) in [5, 5.41) is 9.28. The van der Waals surface area contributed by atoms with Crippen LogP contribution < -0.4 is 0 Å². The summed E-state index contributed by atoms with van der Waals surface area (Å²) in [6.07, 6.45) is 1.53. The Morgan fingerprint density at radius 3 is 2.93 bits per heavy atom. The molecule has 1 aromatic carbocycles. The molecule has 3 nitrogen and oxygen atoms in total. The number of halogens is 1. The van der Waals surface area contributed by atoms with E-state index in [0.29, 0.717) is 10.9 Å². The highest BCUT2D eigenvalue weighted by Gasteiger charge is 2.11. The smallest absolute Gasteiger partial charge is 0.338 e. The number of hydrogen-bond acceptors (Lipinski definition) is 2. The molecule has 1 heterocycles. The normalized spacial score (nSPS) is 10.4. The van der Waals surface area contributed by atoms with Crippen LogP contribution in [-0.4, -0.2) is 16.1 Å². The van der Waals surface area contributed by atoms with Crippen molar-refractivity contribution >= 4 is 16.9 Å². The van der Waals surface area contributed by atoms with Gasteiger partial charge < -0.3 is 5.11 Å². The minimum atomic E-state index is -1.27. The van der Waals surface area contributed by atoms with E-state index in [2.05, 4.69) is 4.98 Å². The highest BCUT2D eigenvalue weighted by molar-refractivity contribution is 5.93. The fourth-order valence-corrected chi connectivity index (χ4v) is 1.26. The van der Waals surface area contributed by atoms with Gasteiger partial charge in [-0.15, -0.1) is 0 Å². The number of benzene rings is 1. The summed E-state index contributed by atoms with van der Waals surface area (Å²) in [5.74, 6) is -2.03. The van der Waals surface area contributed by atoms with Crippen LogP contribution in [-0.2, 0) is 0 Å². The summed E-state index contributed by atoms with van der Waals surface area (Å²) in [7, 11) is 0. The van der Waals surface area contributed by atoms with Gasteiger partial charge in [0.05, 0.1) is 11.1 Å². The molecule has 1 N–H and O–H groups in total. The van der Waals surface area contributed by atoms with E-state index in [1.54, 1.807) is 12.1 Å². The molecule has 0 bridgehead atoms. The van der Waals surface area contributed by atoms with Gasteiger partial charge in [-0.25, -0.2) is 9.18 Å². The zero-order valence-electron chi connectivity index (χ0n) is 7.07. The minimum Gasteiger partial charge on any atom is -0.478 e. The van der Waals surface area contributed by atoms with Crippen LogP contribution >= 0.6 is 0 Å². The second-order valence-electron chi connectivity index (χ2n) is 2.83. The Balaban J connectivity index is 2.77. The summed E-state index contributed by atoms with van der Waals surface area (Å²) < 4.78 is 13.1. The van der Waals surface area contributed by atoms with Crippen molar-refractivity contribution in [2.75, 3.05) is 0 Å². The molecule has 0 aliphatic carbocycles. The number of carboxylic acids is 1. The molecule has 4 heteroatoms. The number of aromatic carboxylic acids is 1. The van der Waals surface area contributed by atoms with Crippen molar-refractivity contribution in [1.29, 1.82) is 0 Å². The summed E-state index contributed by atoms with van der Waals surface area (Å²) >= 11 is 0.